The van der Waals surface area contributed by atoms with Gasteiger partial charge < -0.3 is 5.32 Å². The van der Waals surface area contributed by atoms with Gasteiger partial charge in [-0.1, -0.05) is 42.0 Å². The van der Waals surface area contributed by atoms with Crippen LogP contribution in [0.15, 0.2) is 53.4 Å². The fraction of sp³-hybridized carbons (Fsp3) is 0.316. The van der Waals surface area contributed by atoms with Gasteiger partial charge in [-0.25, -0.2) is 13.1 Å². The summed E-state index contributed by atoms with van der Waals surface area (Å²) in [4.78, 5) is 12.4. The maximum Gasteiger partial charge on any atom is 0.241 e. The number of hydrogen-bond donors (Lipinski definition) is 2. The van der Waals surface area contributed by atoms with Gasteiger partial charge in [-0.05, 0) is 49.4 Å². The molecule has 0 bridgehead atoms. The van der Waals surface area contributed by atoms with E-state index in [1.54, 1.807) is 12.1 Å². The summed E-state index contributed by atoms with van der Waals surface area (Å²) in [5.41, 5.74) is 3.36. The summed E-state index contributed by atoms with van der Waals surface area (Å²) in [7, 11) is -3.68. The highest BCUT2D eigenvalue weighted by Gasteiger charge is 2.22. The first-order valence-corrected chi connectivity index (χ1v) is 9.87. The molecule has 3 rings (SSSR count). The van der Waals surface area contributed by atoms with Crippen LogP contribution in [0.3, 0.4) is 0 Å². The molecule has 0 radical (unpaired) electrons. The molecule has 0 aliphatic heterocycles. The zero-order valence-electron chi connectivity index (χ0n) is 14.2. The fourth-order valence-electron chi connectivity index (χ4n) is 3.11. The van der Waals surface area contributed by atoms with Gasteiger partial charge in [0.1, 0.15) is 0 Å². The Kier molecular flexibility index (Phi) is 5.20. The monoisotopic (exact) mass is 358 g/mol. The van der Waals surface area contributed by atoms with Crippen molar-refractivity contribution >= 4 is 15.9 Å². The van der Waals surface area contributed by atoms with Crippen molar-refractivity contribution in [2.24, 2.45) is 0 Å². The van der Waals surface area contributed by atoms with Crippen LogP contribution in [0, 0.1) is 6.92 Å². The average Bonchev–Trinajstić information content (AvgIpc) is 2.61. The van der Waals surface area contributed by atoms with Crippen LogP contribution in [0.25, 0.3) is 0 Å². The summed E-state index contributed by atoms with van der Waals surface area (Å²) < 4.78 is 26.9. The first kappa shape index (κ1) is 17.6. The fourth-order valence-corrected chi connectivity index (χ4v) is 4.09. The molecule has 2 N–H and O–H groups in total. The van der Waals surface area contributed by atoms with Crippen molar-refractivity contribution in [1.82, 2.24) is 10.0 Å². The molecule has 1 aliphatic carbocycles. The molecule has 0 saturated heterocycles. The predicted molar refractivity (Wildman–Crippen MR) is 96.6 cm³/mol. The second-order valence-electron chi connectivity index (χ2n) is 6.35. The number of amides is 1. The molecule has 0 fully saturated rings. The highest BCUT2D eigenvalue weighted by molar-refractivity contribution is 7.89. The van der Waals surface area contributed by atoms with Gasteiger partial charge in [-0.15, -0.1) is 0 Å². The van der Waals surface area contributed by atoms with Gasteiger partial charge in [-0.3, -0.25) is 4.79 Å². The number of sulfonamides is 1. The third kappa shape index (κ3) is 4.27. The summed E-state index contributed by atoms with van der Waals surface area (Å²) in [5.74, 6) is -0.322. The lowest BCUT2D eigenvalue weighted by molar-refractivity contribution is -0.120. The number of carbonyl (C=O) groups is 1. The maximum absolute atomic E-state index is 12.2. The minimum absolute atomic E-state index is 0.0543. The topological polar surface area (TPSA) is 75.3 Å². The molecule has 25 heavy (non-hydrogen) atoms. The Hall–Kier alpha value is -2.18. The van der Waals surface area contributed by atoms with Crippen molar-refractivity contribution in [3.63, 3.8) is 0 Å². The SMILES string of the molecule is Cc1ccc(S(=O)(=O)NCC(=O)NC2CCCc3ccccc32)cc1. The Morgan fingerprint density at radius 1 is 1.12 bits per heavy atom. The van der Waals surface area contributed by atoms with E-state index in [4.69, 9.17) is 0 Å². The molecule has 1 amide bonds. The summed E-state index contributed by atoms with van der Waals surface area (Å²) in [6.07, 6.45) is 2.90. The Morgan fingerprint density at radius 2 is 1.84 bits per heavy atom. The van der Waals surface area contributed by atoms with Crippen LogP contribution in [0.2, 0.25) is 0 Å². The van der Waals surface area contributed by atoms with Gasteiger partial charge in [0.2, 0.25) is 15.9 Å². The molecule has 0 aromatic heterocycles. The van der Waals surface area contributed by atoms with E-state index in [0.717, 1.165) is 30.4 Å². The lowest BCUT2D eigenvalue weighted by Gasteiger charge is -2.26. The van der Waals surface area contributed by atoms with Crippen LogP contribution < -0.4 is 10.0 Å². The Bertz CT molecular complexity index is 860. The van der Waals surface area contributed by atoms with Crippen molar-refractivity contribution in [2.45, 2.75) is 37.1 Å². The Morgan fingerprint density at radius 3 is 2.60 bits per heavy atom. The smallest absolute Gasteiger partial charge is 0.241 e. The van der Waals surface area contributed by atoms with Crippen molar-refractivity contribution in [1.29, 1.82) is 0 Å². The highest BCUT2D eigenvalue weighted by Crippen LogP contribution is 2.29. The number of fused-ring (bicyclic) bond motifs is 1. The van der Waals surface area contributed by atoms with E-state index < -0.39 is 10.0 Å². The molecule has 2 aromatic rings. The van der Waals surface area contributed by atoms with Crippen LogP contribution in [-0.2, 0) is 21.2 Å². The first-order chi connectivity index (χ1) is 12.0. The molecule has 1 atom stereocenters. The maximum atomic E-state index is 12.2. The van der Waals surface area contributed by atoms with Crippen LogP contribution in [-0.4, -0.2) is 20.9 Å². The second kappa shape index (κ2) is 7.37. The Labute approximate surface area is 148 Å². The van der Waals surface area contributed by atoms with Gasteiger partial charge in [0.05, 0.1) is 17.5 Å². The van der Waals surface area contributed by atoms with Crippen LogP contribution in [0.1, 0.15) is 35.6 Å². The van der Waals surface area contributed by atoms with Gasteiger partial charge in [0, 0.05) is 0 Å². The molecule has 0 heterocycles. The van der Waals surface area contributed by atoms with Crippen molar-refractivity contribution in [3.8, 4) is 0 Å². The summed E-state index contributed by atoms with van der Waals surface area (Å²) >= 11 is 0. The van der Waals surface area contributed by atoms with Gasteiger partial charge in [0.25, 0.3) is 0 Å². The molecule has 132 valence electrons. The number of hydrogen-bond acceptors (Lipinski definition) is 3. The minimum atomic E-state index is -3.68. The van der Waals surface area contributed by atoms with Gasteiger partial charge in [0.15, 0.2) is 0 Å². The molecule has 2 aromatic carbocycles. The zero-order chi connectivity index (χ0) is 17.9. The lowest BCUT2D eigenvalue weighted by atomic mass is 9.88. The quantitative estimate of drug-likeness (QED) is 0.862. The summed E-state index contributed by atoms with van der Waals surface area (Å²) in [6, 6.07) is 14.5. The summed E-state index contributed by atoms with van der Waals surface area (Å²) in [6.45, 7) is 1.62. The van der Waals surface area contributed by atoms with E-state index in [1.807, 2.05) is 25.1 Å². The third-order valence-corrected chi connectivity index (χ3v) is 5.88. The lowest BCUT2D eigenvalue weighted by Crippen LogP contribution is -2.39. The molecule has 1 unspecified atom stereocenters. The molecule has 1 aliphatic rings. The molecule has 0 saturated carbocycles. The van der Waals surface area contributed by atoms with E-state index in [9.17, 15) is 13.2 Å². The van der Waals surface area contributed by atoms with Gasteiger partial charge in [-0.2, -0.15) is 0 Å². The van der Waals surface area contributed by atoms with Crippen LogP contribution >= 0.6 is 0 Å². The number of nitrogens with one attached hydrogen (secondary N) is 2. The molecule has 5 nitrogen and oxygen atoms in total. The number of aryl methyl sites for hydroxylation is 2. The van der Waals surface area contributed by atoms with E-state index >= 15 is 0 Å². The standard InChI is InChI=1S/C19H22N2O3S/c1-14-9-11-16(12-10-14)25(23,24)20-13-19(22)21-18-8-4-6-15-5-2-3-7-17(15)18/h2-3,5,7,9-12,18,20H,4,6,8,13H2,1H3,(H,21,22). The second-order valence-corrected chi connectivity index (χ2v) is 8.12. The largest absolute Gasteiger partial charge is 0.348 e. The van der Waals surface area contributed by atoms with E-state index in [2.05, 4.69) is 16.1 Å². The normalized spacial score (nSPS) is 16.9. The Balaban J connectivity index is 1.61. The van der Waals surface area contributed by atoms with Crippen molar-refractivity contribution < 1.29 is 13.2 Å². The highest BCUT2D eigenvalue weighted by atomic mass is 32.2. The van der Waals surface area contributed by atoms with Crippen LogP contribution in [0.4, 0.5) is 0 Å². The van der Waals surface area contributed by atoms with Gasteiger partial charge >= 0.3 is 0 Å². The third-order valence-electron chi connectivity index (χ3n) is 4.46. The number of carbonyl (C=O) groups excluding carboxylic acids is 1. The molecular weight excluding hydrogens is 336 g/mol. The van der Waals surface area contributed by atoms with E-state index in [-0.39, 0.29) is 23.4 Å². The zero-order valence-corrected chi connectivity index (χ0v) is 15.0. The minimum Gasteiger partial charge on any atom is -0.348 e. The summed E-state index contributed by atoms with van der Waals surface area (Å²) in [5, 5.41) is 2.94. The van der Waals surface area contributed by atoms with E-state index in [1.165, 1.54) is 17.7 Å². The van der Waals surface area contributed by atoms with Crippen molar-refractivity contribution in [2.75, 3.05) is 6.54 Å². The van der Waals surface area contributed by atoms with E-state index in [0.29, 0.717) is 0 Å². The predicted octanol–water partition coefficient (Wildman–Crippen LogP) is 2.47. The molecule has 0 spiro atoms. The molecule has 6 heteroatoms. The number of benzene rings is 2. The first-order valence-electron chi connectivity index (χ1n) is 8.39. The number of rotatable bonds is 5. The van der Waals surface area contributed by atoms with Crippen LogP contribution in [0.5, 0.6) is 0 Å². The average molecular weight is 358 g/mol. The van der Waals surface area contributed by atoms with Crippen molar-refractivity contribution in [3.05, 3.63) is 65.2 Å². The molecular formula is C19H22N2O3S.